The van der Waals surface area contributed by atoms with Gasteiger partial charge in [-0.1, -0.05) is 6.07 Å². The first-order valence-electron chi connectivity index (χ1n) is 6.47. The number of aliphatic hydroxyl groups is 1. The van der Waals surface area contributed by atoms with Gasteiger partial charge < -0.3 is 14.7 Å². The van der Waals surface area contributed by atoms with Gasteiger partial charge in [-0.3, -0.25) is 9.67 Å². The van der Waals surface area contributed by atoms with Crippen molar-refractivity contribution in [1.82, 2.24) is 19.7 Å². The minimum atomic E-state index is -0.851. The van der Waals surface area contributed by atoms with Crippen LogP contribution in [-0.2, 0) is 6.54 Å². The molecule has 1 unspecified atom stereocenters. The summed E-state index contributed by atoms with van der Waals surface area (Å²) in [5, 5.41) is 14.8. The van der Waals surface area contributed by atoms with Gasteiger partial charge in [-0.15, -0.1) is 0 Å². The van der Waals surface area contributed by atoms with Gasteiger partial charge >= 0.3 is 0 Å². The maximum absolute atomic E-state index is 10.5. The highest BCUT2D eigenvalue weighted by Crippen LogP contribution is 2.28. The monoisotopic (exact) mass is 276 g/mol. The standard InChI is InChI=1S/C14H20N4O2/c1-17(2)8-9-18-13(12(20-3)10-16-18)14(19)11-6-4-5-7-15-11/h4-7,10,14,19H,8-9H2,1-3H3. The molecule has 0 fully saturated rings. The lowest BCUT2D eigenvalue weighted by molar-refractivity contribution is 0.195. The van der Waals surface area contributed by atoms with Crippen LogP contribution in [0.1, 0.15) is 17.5 Å². The quantitative estimate of drug-likeness (QED) is 0.850. The molecule has 1 N–H and O–H groups in total. The molecule has 2 aromatic heterocycles. The van der Waals surface area contributed by atoms with Gasteiger partial charge in [0.25, 0.3) is 0 Å². The number of methoxy groups -OCH3 is 1. The van der Waals surface area contributed by atoms with Crippen molar-refractivity contribution in [3.05, 3.63) is 42.0 Å². The Labute approximate surface area is 118 Å². The second kappa shape index (κ2) is 6.49. The topological polar surface area (TPSA) is 63.4 Å². The number of rotatable bonds is 6. The fraction of sp³-hybridized carbons (Fsp3) is 0.429. The van der Waals surface area contributed by atoms with Crippen molar-refractivity contribution < 1.29 is 9.84 Å². The summed E-state index contributed by atoms with van der Waals surface area (Å²) >= 11 is 0. The van der Waals surface area contributed by atoms with Crippen LogP contribution in [0.2, 0.25) is 0 Å². The molecular formula is C14H20N4O2. The number of hydrogen-bond donors (Lipinski definition) is 1. The minimum Gasteiger partial charge on any atom is -0.493 e. The highest BCUT2D eigenvalue weighted by molar-refractivity contribution is 5.32. The zero-order valence-electron chi connectivity index (χ0n) is 12.0. The predicted octanol–water partition coefficient (Wildman–Crippen LogP) is 0.930. The molecule has 0 bridgehead atoms. The summed E-state index contributed by atoms with van der Waals surface area (Å²) in [6.45, 7) is 1.50. The molecule has 0 radical (unpaired) electrons. The summed E-state index contributed by atoms with van der Waals surface area (Å²) in [4.78, 5) is 6.25. The Morgan fingerprint density at radius 3 is 2.80 bits per heavy atom. The smallest absolute Gasteiger partial charge is 0.163 e. The summed E-state index contributed by atoms with van der Waals surface area (Å²) in [6, 6.07) is 5.45. The van der Waals surface area contributed by atoms with Crippen LogP contribution in [0.25, 0.3) is 0 Å². The maximum atomic E-state index is 10.5. The first kappa shape index (κ1) is 14.5. The fourth-order valence-corrected chi connectivity index (χ4v) is 1.96. The molecule has 1 atom stereocenters. The maximum Gasteiger partial charge on any atom is 0.163 e. The Morgan fingerprint density at radius 1 is 1.40 bits per heavy atom. The van der Waals surface area contributed by atoms with Crippen molar-refractivity contribution in [3.8, 4) is 5.75 Å². The van der Waals surface area contributed by atoms with Crippen LogP contribution in [0.5, 0.6) is 5.75 Å². The van der Waals surface area contributed by atoms with Crippen molar-refractivity contribution in [3.63, 3.8) is 0 Å². The highest BCUT2D eigenvalue weighted by Gasteiger charge is 2.22. The summed E-state index contributed by atoms with van der Waals surface area (Å²) < 4.78 is 7.05. The lowest BCUT2D eigenvalue weighted by atomic mass is 10.1. The van der Waals surface area contributed by atoms with Crippen LogP contribution in [0.4, 0.5) is 0 Å². The van der Waals surface area contributed by atoms with E-state index in [0.29, 0.717) is 23.7 Å². The molecule has 2 aromatic rings. The van der Waals surface area contributed by atoms with E-state index in [-0.39, 0.29) is 0 Å². The molecule has 0 saturated carbocycles. The van der Waals surface area contributed by atoms with Gasteiger partial charge in [-0.05, 0) is 26.2 Å². The summed E-state index contributed by atoms with van der Waals surface area (Å²) in [6.07, 6.45) is 2.43. The number of ether oxygens (including phenoxy) is 1. The first-order valence-corrected chi connectivity index (χ1v) is 6.47. The highest BCUT2D eigenvalue weighted by atomic mass is 16.5. The zero-order valence-corrected chi connectivity index (χ0v) is 12.0. The molecule has 0 amide bonds. The van der Waals surface area contributed by atoms with Crippen molar-refractivity contribution in [2.24, 2.45) is 0 Å². The summed E-state index contributed by atoms with van der Waals surface area (Å²) in [5.74, 6) is 0.571. The van der Waals surface area contributed by atoms with Crippen LogP contribution in [0.3, 0.4) is 0 Å². The van der Waals surface area contributed by atoms with Gasteiger partial charge in [-0.2, -0.15) is 5.10 Å². The number of likely N-dealkylation sites (N-methyl/N-ethyl adjacent to an activating group) is 1. The third-order valence-electron chi connectivity index (χ3n) is 3.05. The third-order valence-corrected chi connectivity index (χ3v) is 3.05. The van der Waals surface area contributed by atoms with E-state index in [1.54, 1.807) is 30.3 Å². The Morgan fingerprint density at radius 2 is 2.20 bits per heavy atom. The van der Waals surface area contributed by atoms with Gasteiger partial charge in [0.2, 0.25) is 0 Å². The molecule has 0 spiro atoms. The van der Waals surface area contributed by atoms with E-state index in [0.717, 1.165) is 6.54 Å². The molecule has 0 aliphatic heterocycles. The van der Waals surface area contributed by atoms with E-state index in [1.807, 2.05) is 26.2 Å². The van der Waals surface area contributed by atoms with Crippen LogP contribution < -0.4 is 4.74 Å². The molecule has 0 aliphatic rings. The SMILES string of the molecule is COc1cnn(CCN(C)C)c1C(O)c1ccccn1. The molecule has 0 saturated heterocycles. The zero-order chi connectivity index (χ0) is 14.5. The number of nitrogens with zero attached hydrogens (tertiary/aromatic N) is 4. The van der Waals surface area contributed by atoms with Crippen molar-refractivity contribution in [1.29, 1.82) is 0 Å². The molecule has 0 aromatic carbocycles. The normalized spacial score (nSPS) is 12.7. The van der Waals surface area contributed by atoms with Gasteiger partial charge in [0.05, 0.1) is 25.5 Å². The van der Waals surface area contributed by atoms with E-state index in [2.05, 4.69) is 15.0 Å². The molecule has 2 heterocycles. The Bertz CT molecular complexity index is 539. The lowest BCUT2D eigenvalue weighted by Gasteiger charge is -2.16. The number of hydrogen-bond acceptors (Lipinski definition) is 5. The largest absolute Gasteiger partial charge is 0.493 e. The van der Waals surface area contributed by atoms with Gasteiger partial charge in [-0.25, -0.2) is 0 Å². The minimum absolute atomic E-state index is 0.571. The Hall–Kier alpha value is -1.92. The number of aliphatic hydroxyl groups excluding tert-OH is 1. The first-order chi connectivity index (χ1) is 9.63. The average molecular weight is 276 g/mol. The second-order valence-corrected chi connectivity index (χ2v) is 4.78. The third kappa shape index (κ3) is 3.15. The van der Waals surface area contributed by atoms with E-state index in [1.165, 1.54) is 0 Å². The van der Waals surface area contributed by atoms with Crippen LogP contribution >= 0.6 is 0 Å². The molecule has 20 heavy (non-hydrogen) atoms. The predicted molar refractivity (Wildman–Crippen MR) is 75.6 cm³/mol. The molecule has 6 heteroatoms. The summed E-state index contributed by atoms with van der Waals surface area (Å²) in [5.41, 5.74) is 1.21. The number of pyridine rings is 1. The van der Waals surface area contributed by atoms with Crippen LogP contribution in [-0.4, -0.2) is 52.5 Å². The summed E-state index contributed by atoms with van der Waals surface area (Å²) in [7, 11) is 5.56. The lowest BCUT2D eigenvalue weighted by Crippen LogP contribution is -2.21. The number of aromatic nitrogens is 3. The molecule has 2 rings (SSSR count). The van der Waals surface area contributed by atoms with Crippen LogP contribution in [0, 0.1) is 0 Å². The Kier molecular flexibility index (Phi) is 4.70. The van der Waals surface area contributed by atoms with Gasteiger partial charge in [0.1, 0.15) is 11.8 Å². The molecule has 108 valence electrons. The molecular weight excluding hydrogens is 256 g/mol. The van der Waals surface area contributed by atoms with E-state index >= 15 is 0 Å². The average Bonchev–Trinajstić information content (AvgIpc) is 2.88. The van der Waals surface area contributed by atoms with E-state index in [4.69, 9.17) is 4.74 Å². The van der Waals surface area contributed by atoms with E-state index in [9.17, 15) is 5.11 Å². The van der Waals surface area contributed by atoms with Crippen molar-refractivity contribution >= 4 is 0 Å². The van der Waals surface area contributed by atoms with Crippen molar-refractivity contribution in [2.75, 3.05) is 27.7 Å². The Balaban J connectivity index is 2.30. The van der Waals surface area contributed by atoms with E-state index < -0.39 is 6.10 Å². The van der Waals surface area contributed by atoms with Crippen molar-refractivity contribution in [2.45, 2.75) is 12.6 Å². The van der Waals surface area contributed by atoms with Gasteiger partial charge in [0, 0.05) is 12.7 Å². The molecule has 6 nitrogen and oxygen atoms in total. The molecule has 0 aliphatic carbocycles. The van der Waals surface area contributed by atoms with Gasteiger partial charge in [0.15, 0.2) is 5.75 Å². The van der Waals surface area contributed by atoms with Crippen LogP contribution in [0.15, 0.2) is 30.6 Å². The fourth-order valence-electron chi connectivity index (χ4n) is 1.96. The second-order valence-electron chi connectivity index (χ2n) is 4.78.